The zero-order valence-corrected chi connectivity index (χ0v) is 11.2. The Morgan fingerprint density at radius 2 is 1.71 bits per heavy atom. The fraction of sp³-hybridized carbons (Fsp3) is 0. The van der Waals surface area contributed by atoms with Gasteiger partial charge in [0, 0.05) is 16.6 Å². The van der Waals surface area contributed by atoms with E-state index in [1.54, 1.807) is 42.5 Å². The molecule has 0 saturated heterocycles. The normalized spacial score (nSPS) is 10.5. The molecule has 3 aromatic rings. The summed E-state index contributed by atoms with van der Waals surface area (Å²) < 4.78 is 0. The second kappa shape index (κ2) is 5.17. The van der Waals surface area contributed by atoms with Crippen LogP contribution in [0.15, 0.2) is 60.7 Å². The van der Waals surface area contributed by atoms with Gasteiger partial charge in [0.25, 0.3) is 5.91 Å². The summed E-state index contributed by atoms with van der Waals surface area (Å²) in [5, 5.41) is 14.3. The number of hydrogen-bond donors (Lipinski definition) is 3. The fourth-order valence-electron chi connectivity index (χ4n) is 2.30. The number of amides is 1. The molecule has 104 valence electrons. The van der Waals surface area contributed by atoms with Crippen LogP contribution in [0.25, 0.3) is 10.8 Å². The highest BCUT2D eigenvalue weighted by molar-refractivity contribution is 6.10. The number of carbonyl (C=O) groups is 1. The zero-order chi connectivity index (χ0) is 14.8. The Hall–Kier alpha value is -3.01. The Balaban J connectivity index is 2.01. The van der Waals surface area contributed by atoms with E-state index in [0.29, 0.717) is 22.3 Å². The summed E-state index contributed by atoms with van der Waals surface area (Å²) in [6.45, 7) is 0. The molecule has 4 heteroatoms. The van der Waals surface area contributed by atoms with Gasteiger partial charge in [-0.25, -0.2) is 0 Å². The summed E-state index contributed by atoms with van der Waals surface area (Å²) in [6, 6.07) is 17.5. The van der Waals surface area contributed by atoms with Crippen molar-refractivity contribution in [2.24, 2.45) is 0 Å². The lowest BCUT2D eigenvalue weighted by Crippen LogP contribution is -2.12. The van der Waals surface area contributed by atoms with E-state index in [1.807, 2.05) is 18.2 Å². The summed E-state index contributed by atoms with van der Waals surface area (Å²) in [5.41, 5.74) is 7.26. The molecule has 0 atom stereocenters. The van der Waals surface area contributed by atoms with E-state index in [-0.39, 0.29) is 11.7 Å². The number of anilines is 2. The molecular formula is C17H14N2O2. The SMILES string of the molecule is Nc1cccc(C(=O)Nc2cccc3cccc(O)c23)c1. The van der Waals surface area contributed by atoms with Crippen LogP contribution < -0.4 is 11.1 Å². The van der Waals surface area contributed by atoms with Crippen LogP contribution in [-0.4, -0.2) is 11.0 Å². The molecule has 0 unspecified atom stereocenters. The molecule has 4 N–H and O–H groups in total. The van der Waals surface area contributed by atoms with Crippen molar-refractivity contribution < 1.29 is 9.90 Å². The molecule has 0 aromatic heterocycles. The average Bonchev–Trinajstić information content (AvgIpc) is 2.47. The van der Waals surface area contributed by atoms with E-state index < -0.39 is 0 Å². The maximum atomic E-state index is 12.3. The van der Waals surface area contributed by atoms with E-state index in [1.165, 1.54) is 0 Å². The molecule has 3 aromatic carbocycles. The Morgan fingerprint density at radius 3 is 2.48 bits per heavy atom. The van der Waals surface area contributed by atoms with Gasteiger partial charge < -0.3 is 16.2 Å². The Bertz CT molecular complexity index is 823. The molecule has 0 radical (unpaired) electrons. The summed E-state index contributed by atoms with van der Waals surface area (Å²) in [7, 11) is 0. The number of aromatic hydroxyl groups is 1. The summed E-state index contributed by atoms with van der Waals surface area (Å²) in [5.74, 6) is -0.131. The molecule has 0 fully saturated rings. The molecule has 0 spiro atoms. The van der Waals surface area contributed by atoms with Gasteiger partial charge in [-0.15, -0.1) is 0 Å². The lowest BCUT2D eigenvalue weighted by atomic mass is 10.1. The van der Waals surface area contributed by atoms with Crippen LogP contribution in [0.5, 0.6) is 5.75 Å². The van der Waals surface area contributed by atoms with Gasteiger partial charge in [-0.2, -0.15) is 0 Å². The monoisotopic (exact) mass is 278 g/mol. The van der Waals surface area contributed by atoms with E-state index in [2.05, 4.69) is 5.32 Å². The highest BCUT2D eigenvalue weighted by Crippen LogP contribution is 2.31. The fourth-order valence-corrected chi connectivity index (χ4v) is 2.30. The molecule has 4 nitrogen and oxygen atoms in total. The first-order valence-electron chi connectivity index (χ1n) is 6.53. The van der Waals surface area contributed by atoms with Crippen LogP contribution in [0.2, 0.25) is 0 Å². The topological polar surface area (TPSA) is 75.4 Å². The van der Waals surface area contributed by atoms with Crippen molar-refractivity contribution in [2.45, 2.75) is 0 Å². The van der Waals surface area contributed by atoms with Crippen molar-refractivity contribution in [3.05, 3.63) is 66.2 Å². The first-order chi connectivity index (χ1) is 10.1. The minimum absolute atomic E-state index is 0.135. The minimum atomic E-state index is -0.266. The predicted molar refractivity (Wildman–Crippen MR) is 84.4 cm³/mol. The second-order valence-corrected chi connectivity index (χ2v) is 4.76. The largest absolute Gasteiger partial charge is 0.507 e. The third-order valence-electron chi connectivity index (χ3n) is 3.28. The van der Waals surface area contributed by atoms with Crippen LogP contribution in [-0.2, 0) is 0 Å². The van der Waals surface area contributed by atoms with Crippen LogP contribution in [0.4, 0.5) is 11.4 Å². The van der Waals surface area contributed by atoms with E-state index in [4.69, 9.17) is 5.73 Å². The number of phenols is 1. The molecule has 1 amide bonds. The quantitative estimate of drug-likeness (QED) is 0.629. The number of nitrogen functional groups attached to an aromatic ring is 1. The van der Waals surface area contributed by atoms with Gasteiger partial charge in [0.1, 0.15) is 5.75 Å². The molecule has 0 aliphatic rings. The summed E-state index contributed by atoms with van der Waals surface area (Å²) in [6.07, 6.45) is 0. The smallest absolute Gasteiger partial charge is 0.255 e. The minimum Gasteiger partial charge on any atom is -0.507 e. The number of nitrogens with one attached hydrogen (secondary N) is 1. The summed E-state index contributed by atoms with van der Waals surface area (Å²) in [4.78, 5) is 12.3. The molecule has 0 bridgehead atoms. The van der Waals surface area contributed by atoms with Crippen molar-refractivity contribution in [3.63, 3.8) is 0 Å². The third kappa shape index (κ3) is 2.51. The van der Waals surface area contributed by atoms with Crippen LogP contribution in [0.1, 0.15) is 10.4 Å². The molecule has 0 aliphatic heterocycles. The van der Waals surface area contributed by atoms with E-state index >= 15 is 0 Å². The van der Waals surface area contributed by atoms with Gasteiger partial charge in [-0.3, -0.25) is 4.79 Å². The number of phenolic OH excluding ortho intramolecular Hbond substituents is 1. The first-order valence-corrected chi connectivity index (χ1v) is 6.53. The molecule has 3 rings (SSSR count). The maximum Gasteiger partial charge on any atom is 0.255 e. The van der Waals surface area contributed by atoms with Crippen LogP contribution in [0.3, 0.4) is 0 Å². The zero-order valence-electron chi connectivity index (χ0n) is 11.2. The highest BCUT2D eigenvalue weighted by Gasteiger charge is 2.10. The third-order valence-corrected chi connectivity index (χ3v) is 3.28. The standard InChI is InChI=1S/C17H14N2O2/c18-13-7-1-6-12(10-13)17(21)19-14-8-2-4-11-5-3-9-15(20)16(11)14/h1-10,20H,18H2,(H,19,21). The van der Waals surface area contributed by atoms with E-state index in [9.17, 15) is 9.90 Å². The number of hydrogen-bond acceptors (Lipinski definition) is 3. The Kier molecular flexibility index (Phi) is 3.20. The van der Waals surface area contributed by atoms with Crippen LogP contribution in [0, 0.1) is 0 Å². The summed E-state index contributed by atoms with van der Waals surface area (Å²) >= 11 is 0. The highest BCUT2D eigenvalue weighted by atomic mass is 16.3. The molecule has 0 aliphatic carbocycles. The molecule has 0 saturated carbocycles. The number of carbonyl (C=O) groups excluding carboxylic acids is 1. The number of nitrogens with two attached hydrogens (primary N) is 1. The number of benzene rings is 3. The number of fused-ring (bicyclic) bond motifs is 1. The second-order valence-electron chi connectivity index (χ2n) is 4.76. The first kappa shape index (κ1) is 13.0. The Labute approximate surface area is 121 Å². The van der Waals surface area contributed by atoms with Gasteiger partial charge in [0.15, 0.2) is 0 Å². The van der Waals surface area contributed by atoms with Crippen molar-refractivity contribution in [3.8, 4) is 5.75 Å². The van der Waals surface area contributed by atoms with Gasteiger partial charge in [-0.05, 0) is 35.7 Å². The predicted octanol–water partition coefficient (Wildman–Crippen LogP) is 3.38. The van der Waals surface area contributed by atoms with E-state index in [0.717, 1.165) is 5.39 Å². The van der Waals surface area contributed by atoms with Gasteiger partial charge >= 0.3 is 0 Å². The van der Waals surface area contributed by atoms with Gasteiger partial charge in [-0.1, -0.05) is 30.3 Å². The van der Waals surface area contributed by atoms with Crippen molar-refractivity contribution in [2.75, 3.05) is 11.1 Å². The molecule has 0 heterocycles. The lowest BCUT2D eigenvalue weighted by molar-refractivity contribution is 0.102. The van der Waals surface area contributed by atoms with Crippen molar-refractivity contribution in [1.29, 1.82) is 0 Å². The van der Waals surface area contributed by atoms with Gasteiger partial charge in [0.05, 0.1) is 5.69 Å². The van der Waals surface area contributed by atoms with Crippen LogP contribution >= 0.6 is 0 Å². The van der Waals surface area contributed by atoms with Crippen molar-refractivity contribution >= 4 is 28.1 Å². The van der Waals surface area contributed by atoms with Crippen molar-refractivity contribution in [1.82, 2.24) is 0 Å². The Morgan fingerprint density at radius 1 is 1.00 bits per heavy atom. The molecular weight excluding hydrogens is 264 g/mol. The average molecular weight is 278 g/mol. The molecule has 21 heavy (non-hydrogen) atoms. The lowest BCUT2D eigenvalue weighted by Gasteiger charge is -2.10. The maximum absolute atomic E-state index is 12.3. The van der Waals surface area contributed by atoms with Gasteiger partial charge in [0.2, 0.25) is 0 Å². The number of rotatable bonds is 2.